The summed E-state index contributed by atoms with van der Waals surface area (Å²) in [5.74, 6) is -1.59. The highest BCUT2D eigenvalue weighted by atomic mass is 17.2. The Labute approximate surface area is 119 Å². The minimum atomic E-state index is -0.793. The third kappa shape index (κ3) is 8.66. The van der Waals surface area contributed by atoms with Gasteiger partial charge in [0.15, 0.2) is 0 Å². The molecule has 116 valence electrons. The molecular weight excluding hydrogens is 264 g/mol. The van der Waals surface area contributed by atoms with Gasteiger partial charge in [-0.15, -0.1) is 0 Å². The Morgan fingerprint density at radius 1 is 0.800 bits per heavy atom. The van der Waals surface area contributed by atoms with Crippen molar-refractivity contribution in [3.8, 4) is 0 Å². The predicted octanol–water partition coefficient (Wildman–Crippen LogP) is 2.87. The van der Waals surface area contributed by atoms with Crippen molar-refractivity contribution in [2.24, 2.45) is 0 Å². The van der Waals surface area contributed by atoms with Gasteiger partial charge in [-0.3, -0.25) is 9.78 Å². The van der Waals surface area contributed by atoms with Crippen LogP contribution in [0.3, 0.4) is 0 Å². The van der Waals surface area contributed by atoms with Gasteiger partial charge < -0.3 is 0 Å². The van der Waals surface area contributed by atoms with Crippen LogP contribution in [0.15, 0.2) is 12.2 Å². The van der Waals surface area contributed by atoms with Crippen molar-refractivity contribution in [1.82, 2.24) is 0 Å². The molecule has 0 N–H and O–H groups in total. The first-order valence-electron chi connectivity index (χ1n) is 6.59. The van der Waals surface area contributed by atoms with Gasteiger partial charge in [0.2, 0.25) is 0 Å². The maximum Gasteiger partial charge on any atom is 0.366 e. The monoisotopic (exact) mass is 288 g/mol. The van der Waals surface area contributed by atoms with E-state index in [4.69, 9.17) is 9.78 Å². The van der Waals surface area contributed by atoms with E-state index in [1.807, 2.05) is 13.8 Å². The lowest BCUT2D eigenvalue weighted by molar-refractivity contribution is -0.323. The van der Waals surface area contributed by atoms with Gasteiger partial charge in [-0.2, -0.15) is 9.78 Å². The van der Waals surface area contributed by atoms with Gasteiger partial charge in [0.05, 0.1) is 0 Å². The van der Waals surface area contributed by atoms with Crippen LogP contribution in [0.25, 0.3) is 0 Å². The Kier molecular flexibility index (Phi) is 7.45. The van der Waals surface area contributed by atoms with Crippen molar-refractivity contribution in [2.75, 3.05) is 0 Å². The molecular formula is C14H24O6. The molecule has 0 heterocycles. The molecule has 0 aliphatic carbocycles. The van der Waals surface area contributed by atoms with E-state index in [-0.39, 0.29) is 0 Å². The van der Waals surface area contributed by atoms with Gasteiger partial charge in [-0.25, -0.2) is 9.59 Å². The van der Waals surface area contributed by atoms with E-state index in [0.29, 0.717) is 12.8 Å². The van der Waals surface area contributed by atoms with E-state index in [1.54, 1.807) is 27.7 Å². The van der Waals surface area contributed by atoms with Crippen LogP contribution >= 0.6 is 0 Å². The SMILES string of the molecule is CCC(C)(C)OOC(=O)/C=C/C(=O)OOC(C)(C)CC. The lowest BCUT2D eigenvalue weighted by atomic mass is 10.1. The maximum atomic E-state index is 11.3. The lowest BCUT2D eigenvalue weighted by Crippen LogP contribution is -2.25. The molecule has 0 unspecified atom stereocenters. The van der Waals surface area contributed by atoms with Crippen molar-refractivity contribution in [3.63, 3.8) is 0 Å². The normalized spacial score (nSPS) is 12.5. The molecule has 0 bridgehead atoms. The number of hydrogen-bond donors (Lipinski definition) is 0. The van der Waals surface area contributed by atoms with Gasteiger partial charge >= 0.3 is 11.9 Å². The van der Waals surface area contributed by atoms with Crippen molar-refractivity contribution >= 4 is 11.9 Å². The van der Waals surface area contributed by atoms with Crippen LogP contribution in [0, 0.1) is 0 Å². The molecule has 0 atom stereocenters. The molecule has 0 fully saturated rings. The summed E-state index contributed by atoms with van der Waals surface area (Å²) in [5.41, 5.74) is -1.14. The Hall–Kier alpha value is -1.40. The van der Waals surface area contributed by atoms with Crippen LogP contribution in [-0.4, -0.2) is 23.1 Å². The minimum Gasteiger partial charge on any atom is -0.293 e. The van der Waals surface area contributed by atoms with Crippen molar-refractivity contribution in [1.29, 1.82) is 0 Å². The Balaban J connectivity index is 4.10. The molecule has 0 saturated carbocycles. The second-order valence-electron chi connectivity index (χ2n) is 5.53. The minimum absolute atomic E-state index is 0.571. The van der Waals surface area contributed by atoms with Crippen molar-refractivity contribution in [3.05, 3.63) is 12.2 Å². The number of carbonyl (C=O) groups excluding carboxylic acids is 2. The molecule has 0 aromatic heterocycles. The van der Waals surface area contributed by atoms with Gasteiger partial charge in [-0.1, -0.05) is 13.8 Å². The van der Waals surface area contributed by atoms with Crippen LogP contribution in [-0.2, 0) is 29.1 Å². The highest BCUT2D eigenvalue weighted by molar-refractivity contribution is 5.91. The number of rotatable bonds is 8. The van der Waals surface area contributed by atoms with Gasteiger partial charge in [0.25, 0.3) is 0 Å². The molecule has 0 spiro atoms. The first-order chi connectivity index (χ1) is 9.12. The summed E-state index contributed by atoms with van der Waals surface area (Å²) in [6, 6.07) is 0. The second-order valence-corrected chi connectivity index (χ2v) is 5.53. The summed E-state index contributed by atoms with van der Waals surface area (Å²) in [6.07, 6.45) is 3.17. The molecule has 0 radical (unpaired) electrons. The Morgan fingerprint density at radius 3 is 1.35 bits per heavy atom. The second kappa shape index (κ2) is 8.01. The zero-order valence-corrected chi connectivity index (χ0v) is 13.0. The van der Waals surface area contributed by atoms with E-state index in [1.165, 1.54) is 0 Å². The standard InChI is InChI=1S/C14H24O6/c1-7-13(3,4)19-17-11(15)9-10-12(16)18-20-14(5,6)8-2/h9-10H,7-8H2,1-6H3/b10-9+. The van der Waals surface area contributed by atoms with Crippen molar-refractivity contribution in [2.45, 2.75) is 65.6 Å². The summed E-state index contributed by atoms with van der Waals surface area (Å²) < 4.78 is 0. The molecule has 0 rings (SSSR count). The summed E-state index contributed by atoms with van der Waals surface area (Å²) in [5, 5.41) is 0. The van der Waals surface area contributed by atoms with Gasteiger partial charge in [0.1, 0.15) is 11.2 Å². The van der Waals surface area contributed by atoms with Gasteiger partial charge in [0, 0.05) is 12.2 Å². The molecule has 0 amide bonds. The van der Waals surface area contributed by atoms with Crippen LogP contribution in [0.1, 0.15) is 54.4 Å². The van der Waals surface area contributed by atoms with Crippen molar-refractivity contribution < 1.29 is 29.1 Å². The predicted molar refractivity (Wildman–Crippen MR) is 72.2 cm³/mol. The van der Waals surface area contributed by atoms with Crippen LogP contribution in [0.5, 0.6) is 0 Å². The van der Waals surface area contributed by atoms with E-state index in [9.17, 15) is 9.59 Å². The average molecular weight is 288 g/mol. The van der Waals surface area contributed by atoms with Gasteiger partial charge in [-0.05, 0) is 40.5 Å². The van der Waals surface area contributed by atoms with Crippen LogP contribution in [0.4, 0.5) is 0 Å². The van der Waals surface area contributed by atoms with E-state index >= 15 is 0 Å². The zero-order valence-electron chi connectivity index (χ0n) is 13.0. The topological polar surface area (TPSA) is 71.1 Å². The van der Waals surface area contributed by atoms with Crippen LogP contribution in [0.2, 0.25) is 0 Å². The molecule has 0 aliphatic rings. The molecule has 0 aromatic rings. The zero-order chi connectivity index (χ0) is 15.8. The highest BCUT2D eigenvalue weighted by Crippen LogP contribution is 2.14. The quantitative estimate of drug-likeness (QED) is 0.388. The first-order valence-corrected chi connectivity index (χ1v) is 6.59. The fourth-order valence-corrected chi connectivity index (χ4v) is 0.617. The molecule has 6 nitrogen and oxygen atoms in total. The molecule has 0 aromatic carbocycles. The summed E-state index contributed by atoms with van der Waals surface area (Å²) >= 11 is 0. The summed E-state index contributed by atoms with van der Waals surface area (Å²) in [7, 11) is 0. The van der Waals surface area contributed by atoms with E-state index in [0.717, 1.165) is 12.2 Å². The third-order valence-corrected chi connectivity index (χ3v) is 2.76. The molecule has 20 heavy (non-hydrogen) atoms. The maximum absolute atomic E-state index is 11.3. The van der Waals surface area contributed by atoms with Crippen LogP contribution < -0.4 is 0 Å². The smallest absolute Gasteiger partial charge is 0.293 e. The number of carbonyl (C=O) groups is 2. The lowest BCUT2D eigenvalue weighted by Gasteiger charge is -2.20. The first kappa shape index (κ1) is 18.6. The molecule has 0 saturated heterocycles. The summed E-state index contributed by atoms with van der Waals surface area (Å²) in [6.45, 7) is 10.9. The van der Waals surface area contributed by atoms with E-state index < -0.39 is 23.1 Å². The number of hydrogen-bond acceptors (Lipinski definition) is 6. The average Bonchev–Trinajstić information content (AvgIpc) is 2.40. The fourth-order valence-electron chi connectivity index (χ4n) is 0.617. The molecule has 0 aliphatic heterocycles. The van der Waals surface area contributed by atoms with E-state index in [2.05, 4.69) is 9.78 Å². The Morgan fingerprint density at radius 2 is 1.10 bits per heavy atom. The largest absolute Gasteiger partial charge is 0.366 e. The fraction of sp³-hybridized carbons (Fsp3) is 0.714. The summed E-state index contributed by atoms with van der Waals surface area (Å²) in [4.78, 5) is 41.5. The highest BCUT2D eigenvalue weighted by Gasteiger charge is 2.20. The third-order valence-electron chi connectivity index (χ3n) is 2.76. The molecule has 6 heteroatoms. The Bertz CT molecular complexity index is 323.